The summed E-state index contributed by atoms with van der Waals surface area (Å²) in [6, 6.07) is 6.81. The van der Waals surface area contributed by atoms with Crippen LogP contribution >= 0.6 is 0 Å². The summed E-state index contributed by atoms with van der Waals surface area (Å²) in [5.74, 6) is -0.534. The number of aromatic nitrogens is 1. The van der Waals surface area contributed by atoms with E-state index in [0.717, 1.165) is 16.5 Å². The molecule has 100 valence electrons. The lowest BCUT2D eigenvalue weighted by atomic mass is 10.1. The van der Waals surface area contributed by atoms with Crippen molar-refractivity contribution in [2.75, 3.05) is 7.11 Å². The lowest BCUT2D eigenvalue weighted by molar-refractivity contribution is -0.142. The Morgan fingerprint density at radius 2 is 2.05 bits per heavy atom. The first-order valence-corrected chi connectivity index (χ1v) is 5.98. The quantitative estimate of drug-likeness (QED) is 0.845. The fraction of sp³-hybridized carbons (Fsp3) is 0.286. The number of rotatable bonds is 3. The summed E-state index contributed by atoms with van der Waals surface area (Å²) in [4.78, 5) is 23.0. The van der Waals surface area contributed by atoms with Gasteiger partial charge in [0.2, 0.25) is 5.91 Å². The standard InChI is InChI=1S/C14H16N2O3/c1-9(17)16-8-10(7-12(15)14(18)19-2)11-5-3-4-6-13(11)16/h3-6,8,12H,7,15H2,1-2H3/t12-/m1/s1. The van der Waals surface area contributed by atoms with Crippen LogP contribution in [0.25, 0.3) is 10.9 Å². The topological polar surface area (TPSA) is 74.3 Å². The van der Waals surface area contributed by atoms with Crippen molar-refractivity contribution < 1.29 is 14.3 Å². The number of para-hydroxylation sites is 1. The normalized spacial score (nSPS) is 12.4. The molecule has 2 rings (SSSR count). The van der Waals surface area contributed by atoms with Crippen molar-refractivity contribution >= 4 is 22.8 Å². The average molecular weight is 260 g/mol. The van der Waals surface area contributed by atoms with Crippen molar-refractivity contribution in [1.29, 1.82) is 0 Å². The van der Waals surface area contributed by atoms with Crippen LogP contribution < -0.4 is 5.73 Å². The molecule has 2 N–H and O–H groups in total. The van der Waals surface area contributed by atoms with Gasteiger partial charge >= 0.3 is 5.97 Å². The number of hydrogen-bond donors (Lipinski definition) is 1. The predicted molar refractivity (Wildman–Crippen MR) is 71.9 cm³/mol. The highest BCUT2D eigenvalue weighted by molar-refractivity contribution is 5.94. The summed E-state index contributed by atoms with van der Waals surface area (Å²) >= 11 is 0. The molecule has 5 heteroatoms. The Kier molecular flexibility index (Phi) is 3.66. The number of hydrogen-bond acceptors (Lipinski definition) is 4. The van der Waals surface area contributed by atoms with E-state index in [0.29, 0.717) is 6.42 Å². The highest BCUT2D eigenvalue weighted by Crippen LogP contribution is 2.22. The van der Waals surface area contributed by atoms with Crippen LogP contribution in [0.1, 0.15) is 17.3 Å². The zero-order valence-corrected chi connectivity index (χ0v) is 10.9. The third kappa shape index (κ3) is 2.51. The van der Waals surface area contributed by atoms with Crippen molar-refractivity contribution in [3.63, 3.8) is 0 Å². The first-order chi connectivity index (χ1) is 9.04. The van der Waals surface area contributed by atoms with E-state index >= 15 is 0 Å². The van der Waals surface area contributed by atoms with Crippen LogP contribution in [0.2, 0.25) is 0 Å². The van der Waals surface area contributed by atoms with E-state index in [2.05, 4.69) is 4.74 Å². The third-order valence-electron chi connectivity index (χ3n) is 3.08. The molecule has 19 heavy (non-hydrogen) atoms. The molecule has 1 atom stereocenters. The minimum Gasteiger partial charge on any atom is -0.468 e. The minimum atomic E-state index is -0.726. The van der Waals surface area contributed by atoms with Crippen LogP contribution in [0.4, 0.5) is 0 Å². The van der Waals surface area contributed by atoms with Crippen molar-refractivity contribution in [1.82, 2.24) is 4.57 Å². The Hall–Kier alpha value is -2.14. The number of fused-ring (bicyclic) bond motifs is 1. The fourth-order valence-corrected chi connectivity index (χ4v) is 2.14. The molecule has 2 aromatic rings. The van der Waals surface area contributed by atoms with E-state index in [4.69, 9.17) is 5.73 Å². The molecular weight excluding hydrogens is 244 g/mol. The molecular formula is C14H16N2O3. The summed E-state index contributed by atoms with van der Waals surface area (Å²) in [6.45, 7) is 1.50. The van der Waals surface area contributed by atoms with Gasteiger partial charge < -0.3 is 10.5 Å². The van der Waals surface area contributed by atoms with Gasteiger partial charge in [-0.05, 0) is 11.6 Å². The Morgan fingerprint density at radius 3 is 2.68 bits per heavy atom. The number of nitrogens with zero attached hydrogens (tertiary/aromatic N) is 1. The summed E-state index contributed by atoms with van der Waals surface area (Å²) in [7, 11) is 1.31. The molecule has 0 unspecified atom stereocenters. The van der Waals surface area contributed by atoms with Gasteiger partial charge in [-0.15, -0.1) is 0 Å². The van der Waals surface area contributed by atoms with Gasteiger partial charge in [0, 0.05) is 24.9 Å². The SMILES string of the molecule is COC(=O)[C@H](N)Cc1cn(C(C)=O)c2ccccc12. The van der Waals surface area contributed by atoms with Crippen LogP contribution in [0.5, 0.6) is 0 Å². The zero-order chi connectivity index (χ0) is 14.0. The monoisotopic (exact) mass is 260 g/mol. The lowest BCUT2D eigenvalue weighted by Crippen LogP contribution is -2.33. The Morgan fingerprint density at radius 1 is 1.37 bits per heavy atom. The van der Waals surface area contributed by atoms with Crippen LogP contribution in [0.3, 0.4) is 0 Å². The van der Waals surface area contributed by atoms with Gasteiger partial charge in [-0.1, -0.05) is 18.2 Å². The highest BCUT2D eigenvalue weighted by Gasteiger charge is 2.18. The second-order valence-electron chi connectivity index (χ2n) is 4.39. The maximum absolute atomic E-state index is 11.6. The van der Waals surface area contributed by atoms with Crippen LogP contribution in [0, 0.1) is 0 Å². The molecule has 0 saturated heterocycles. The Bertz CT molecular complexity index is 631. The molecule has 0 aliphatic rings. The number of carbonyl (C=O) groups is 2. The molecule has 1 aromatic carbocycles. The van der Waals surface area contributed by atoms with Crippen molar-refractivity contribution in [3.8, 4) is 0 Å². The molecule has 0 amide bonds. The molecule has 0 radical (unpaired) electrons. The van der Waals surface area contributed by atoms with Gasteiger partial charge in [0.05, 0.1) is 12.6 Å². The van der Waals surface area contributed by atoms with Gasteiger partial charge in [-0.25, -0.2) is 0 Å². The van der Waals surface area contributed by atoms with E-state index < -0.39 is 12.0 Å². The number of esters is 1. The van der Waals surface area contributed by atoms with Crippen LogP contribution in [-0.2, 0) is 16.0 Å². The van der Waals surface area contributed by atoms with E-state index in [1.165, 1.54) is 14.0 Å². The maximum Gasteiger partial charge on any atom is 0.322 e. The van der Waals surface area contributed by atoms with E-state index in [-0.39, 0.29) is 5.91 Å². The third-order valence-corrected chi connectivity index (χ3v) is 3.08. The Labute approximate surface area is 110 Å². The number of carbonyl (C=O) groups excluding carboxylic acids is 2. The molecule has 0 aliphatic carbocycles. The second kappa shape index (κ2) is 5.24. The molecule has 0 bridgehead atoms. The summed E-state index contributed by atoms with van der Waals surface area (Å²) in [5, 5.41) is 0.928. The first kappa shape index (κ1) is 13.3. The number of benzene rings is 1. The molecule has 1 aromatic heterocycles. The highest BCUT2D eigenvalue weighted by atomic mass is 16.5. The second-order valence-corrected chi connectivity index (χ2v) is 4.39. The zero-order valence-electron chi connectivity index (χ0n) is 10.9. The van der Waals surface area contributed by atoms with E-state index in [1.807, 2.05) is 24.3 Å². The van der Waals surface area contributed by atoms with Gasteiger partial charge in [-0.2, -0.15) is 0 Å². The van der Waals surface area contributed by atoms with Crippen molar-refractivity contribution in [3.05, 3.63) is 36.0 Å². The lowest BCUT2D eigenvalue weighted by Gasteiger charge is -2.07. The first-order valence-electron chi connectivity index (χ1n) is 5.98. The van der Waals surface area contributed by atoms with E-state index in [9.17, 15) is 9.59 Å². The molecule has 0 saturated carbocycles. The van der Waals surface area contributed by atoms with E-state index in [1.54, 1.807) is 10.8 Å². The summed E-state index contributed by atoms with van der Waals surface area (Å²) < 4.78 is 6.18. The fourth-order valence-electron chi connectivity index (χ4n) is 2.14. The molecule has 5 nitrogen and oxygen atoms in total. The smallest absolute Gasteiger partial charge is 0.322 e. The summed E-state index contributed by atoms with van der Waals surface area (Å²) in [5.41, 5.74) is 7.45. The number of nitrogens with two attached hydrogens (primary N) is 1. The predicted octanol–water partition coefficient (Wildman–Crippen LogP) is 1.34. The maximum atomic E-state index is 11.6. The Balaban J connectivity index is 2.44. The largest absolute Gasteiger partial charge is 0.468 e. The number of ether oxygens (including phenoxy) is 1. The van der Waals surface area contributed by atoms with Crippen molar-refractivity contribution in [2.45, 2.75) is 19.4 Å². The molecule has 1 heterocycles. The van der Waals surface area contributed by atoms with Gasteiger partial charge in [-0.3, -0.25) is 14.2 Å². The summed E-state index contributed by atoms with van der Waals surface area (Å²) in [6.07, 6.45) is 2.07. The molecule has 0 spiro atoms. The van der Waals surface area contributed by atoms with Crippen LogP contribution in [-0.4, -0.2) is 29.6 Å². The van der Waals surface area contributed by atoms with Gasteiger partial charge in [0.25, 0.3) is 0 Å². The van der Waals surface area contributed by atoms with Gasteiger partial charge in [0.15, 0.2) is 0 Å². The molecule has 0 fully saturated rings. The number of methoxy groups -OCH3 is 1. The van der Waals surface area contributed by atoms with Crippen LogP contribution in [0.15, 0.2) is 30.5 Å². The average Bonchev–Trinajstić information content (AvgIpc) is 2.77. The van der Waals surface area contributed by atoms with Crippen molar-refractivity contribution in [2.24, 2.45) is 5.73 Å². The van der Waals surface area contributed by atoms with Gasteiger partial charge in [0.1, 0.15) is 6.04 Å². The minimum absolute atomic E-state index is 0.0749. The molecule has 0 aliphatic heterocycles.